The summed E-state index contributed by atoms with van der Waals surface area (Å²) in [5.41, 5.74) is 2.98. The minimum Gasteiger partial charge on any atom is -0.345 e. The summed E-state index contributed by atoms with van der Waals surface area (Å²) < 4.78 is 14.7. The predicted molar refractivity (Wildman–Crippen MR) is 111 cm³/mol. The Bertz CT molecular complexity index is 987. The van der Waals surface area contributed by atoms with Crippen molar-refractivity contribution >= 4 is 16.8 Å². The van der Waals surface area contributed by atoms with Crippen LogP contribution in [0.4, 0.5) is 4.39 Å². The van der Waals surface area contributed by atoms with Crippen LogP contribution in [-0.4, -0.2) is 57.8 Å². The molecule has 3 heterocycles. The number of benzene rings is 1. The summed E-state index contributed by atoms with van der Waals surface area (Å²) in [6, 6.07) is 9.12. The molecule has 0 saturated carbocycles. The van der Waals surface area contributed by atoms with Crippen LogP contribution < -0.4 is 5.32 Å². The summed E-state index contributed by atoms with van der Waals surface area (Å²) in [5, 5.41) is 10.7. The molecule has 1 aliphatic heterocycles. The molecular formula is C22H26FN5O. The number of alkyl halides is 1. The van der Waals surface area contributed by atoms with Crippen molar-refractivity contribution in [2.45, 2.75) is 32.5 Å². The van der Waals surface area contributed by atoms with E-state index in [0.29, 0.717) is 24.6 Å². The van der Waals surface area contributed by atoms with Crippen LogP contribution in [0.25, 0.3) is 22.0 Å². The molecule has 1 aliphatic rings. The normalized spacial score (nSPS) is 20.3. The Morgan fingerprint density at radius 1 is 1.34 bits per heavy atom. The summed E-state index contributed by atoms with van der Waals surface area (Å²) in [5.74, 6) is 0.155. The third-order valence-electron chi connectivity index (χ3n) is 5.34. The fourth-order valence-corrected chi connectivity index (χ4v) is 3.95. The molecule has 2 N–H and O–H groups in total. The second kappa shape index (κ2) is 8.29. The van der Waals surface area contributed by atoms with E-state index in [1.165, 1.54) is 0 Å². The number of hydrogen-bond acceptors (Lipinski definition) is 4. The Balaban J connectivity index is 1.50. The van der Waals surface area contributed by atoms with Gasteiger partial charge in [0.15, 0.2) is 5.69 Å². The van der Waals surface area contributed by atoms with E-state index < -0.39 is 12.2 Å². The number of rotatable bonds is 5. The molecule has 1 saturated heterocycles. The Hall–Kier alpha value is -2.80. The summed E-state index contributed by atoms with van der Waals surface area (Å²) >= 11 is 0. The number of aromatic amines is 1. The van der Waals surface area contributed by atoms with E-state index in [-0.39, 0.29) is 5.91 Å². The Morgan fingerprint density at radius 3 is 2.93 bits per heavy atom. The monoisotopic (exact) mass is 395 g/mol. The highest BCUT2D eigenvalue weighted by Gasteiger charge is 2.31. The second-order valence-corrected chi connectivity index (χ2v) is 8.11. The molecule has 0 spiro atoms. The lowest BCUT2D eigenvalue weighted by molar-refractivity contribution is 0.0748. The summed E-state index contributed by atoms with van der Waals surface area (Å²) in [7, 11) is 0. The quantitative estimate of drug-likeness (QED) is 0.694. The maximum atomic E-state index is 14.7. The van der Waals surface area contributed by atoms with Crippen LogP contribution in [0, 0.1) is 5.92 Å². The van der Waals surface area contributed by atoms with Gasteiger partial charge in [-0.1, -0.05) is 26.0 Å². The Kier molecular flexibility index (Phi) is 5.58. The van der Waals surface area contributed by atoms with Gasteiger partial charge in [-0.25, -0.2) is 4.39 Å². The van der Waals surface area contributed by atoms with Crippen LogP contribution >= 0.6 is 0 Å². The number of H-pyrrole nitrogens is 1. The number of nitrogens with zero attached hydrogens (tertiary/aromatic N) is 3. The molecule has 29 heavy (non-hydrogen) atoms. The van der Waals surface area contributed by atoms with Crippen molar-refractivity contribution in [1.29, 1.82) is 0 Å². The van der Waals surface area contributed by atoms with Gasteiger partial charge in [0, 0.05) is 43.0 Å². The van der Waals surface area contributed by atoms with Crippen LogP contribution in [0.5, 0.6) is 0 Å². The van der Waals surface area contributed by atoms with E-state index in [9.17, 15) is 9.18 Å². The first-order chi connectivity index (χ1) is 14.0. The highest BCUT2D eigenvalue weighted by atomic mass is 19.1. The first-order valence-corrected chi connectivity index (χ1v) is 10.1. The van der Waals surface area contributed by atoms with E-state index in [4.69, 9.17) is 0 Å². The standard InChI is InChI=1S/C22H26FN5O/c1-14(2)12-28-9-7-20(18(23)13-28)25-22(29)21-17-10-15(5-6-19(17)26-27-21)16-4-3-8-24-11-16/h3-6,8,10-11,14,18,20H,7,9,12-13H2,1-2H3,(H,25,29)(H,26,27)/t18-,20+/m1/s1. The number of hydrogen-bond donors (Lipinski definition) is 2. The van der Waals surface area contributed by atoms with E-state index >= 15 is 0 Å². The number of pyridine rings is 1. The van der Waals surface area contributed by atoms with Crippen LogP contribution in [0.2, 0.25) is 0 Å². The summed E-state index contributed by atoms with van der Waals surface area (Å²) in [6.45, 7) is 6.28. The van der Waals surface area contributed by atoms with E-state index in [1.807, 2.05) is 30.3 Å². The van der Waals surface area contributed by atoms with Crippen molar-refractivity contribution in [2.24, 2.45) is 5.92 Å². The maximum absolute atomic E-state index is 14.7. The zero-order chi connectivity index (χ0) is 20.4. The van der Waals surface area contributed by atoms with Gasteiger partial charge in [-0.05, 0) is 36.1 Å². The molecule has 1 fully saturated rings. The topological polar surface area (TPSA) is 73.9 Å². The fraction of sp³-hybridized carbons (Fsp3) is 0.409. The molecular weight excluding hydrogens is 369 g/mol. The van der Waals surface area contributed by atoms with Gasteiger partial charge in [0.1, 0.15) is 6.17 Å². The molecule has 7 heteroatoms. The predicted octanol–water partition coefficient (Wildman–Crippen LogP) is 3.42. The zero-order valence-electron chi connectivity index (χ0n) is 16.7. The molecule has 6 nitrogen and oxygen atoms in total. The third kappa shape index (κ3) is 4.29. The number of carbonyl (C=O) groups is 1. The molecule has 0 radical (unpaired) electrons. The van der Waals surface area contributed by atoms with Gasteiger partial charge in [-0.2, -0.15) is 5.10 Å². The molecule has 2 aromatic heterocycles. The van der Waals surface area contributed by atoms with Gasteiger partial charge in [-0.3, -0.25) is 14.9 Å². The number of nitrogens with one attached hydrogen (secondary N) is 2. The van der Waals surface area contributed by atoms with E-state index in [0.717, 1.165) is 35.1 Å². The summed E-state index contributed by atoms with van der Waals surface area (Å²) in [6.07, 6.45) is 3.02. The zero-order valence-corrected chi connectivity index (χ0v) is 16.7. The smallest absolute Gasteiger partial charge is 0.272 e. The fourth-order valence-electron chi connectivity index (χ4n) is 3.95. The molecule has 2 atom stereocenters. The molecule has 4 rings (SSSR count). The second-order valence-electron chi connectivity index (χ2n) is 8.11. The lowest BCUT2D eigenvalue weighted by Crippen LogP contribution is -2.53. The van der Waals surface area contributed by atoms with Crippen LogP contribution in [0.15, 0.2) is 42.7 Å². The van der Waals surface area contributed by atoms with Crippen LogP contribution in [0.1, 0.15) is 30.8 Å². The number of aromatic nitrogens is 3. The maximum Gasteiger partial charge on any atom is 0.272 e. The Morgan fingerprint density at radius 2 is 2.21 bits per heavy atom. The Labute approximate surface area is 169 Å². The van der Waals surface area contributed by atoms with Crippen molar-refractivity contribution < 1.29 is 9.18 Å². The number of carbonyl (C=O) groups excluding carboxylic acids is 1. The molecule has 152 valence electrons. The van der Waals surface area contributed by atoms with Crippen molar-refractivity contribution in [2.75, 3.05) is 19.6 Å². The molecule has 0 aliphatic carbocycles. The molecule has 1 amide bonds. The summed E-state index contributed by atoms with van der Waals surface area (Å²) in [4.78, 5) is 19.1. The minimum atomic E-state index is -1.08. The van der Waals surface area contributed by atoms with Crippen molar-refractivity contribution in [3.05, 3.63) is 48.4 Å². The lowest BCUT2D eigenvalue weighted by atomic mass is 10.0. The largest absolute Gasteiger partial charge is 0.345 e. The number of halogens is 1. The van der Waals surface area contributed by atoms with Gasteiger partial charge < -0.3 is 10.2 Å². The average Bonchev–Trinajstić information content (AvgIpc) is 3.13. The van der Waals surface area contributed by atoms with E-state index in [1.54, 1.807) is 12.4 Å². The number of fused-ring (bicyclic) bond motifs is 1. The van der Waals surface area contributed by atoms with Gasteiger partial charge in [0.05, 0.1) is 11.6 Å². The molecule has 3 aromatic rings. The first-order valence-electron chi connectivity index (χ1n) is 10.1. The first kappa shape index (κ1) is 19.5. The minimum absolute atomic E-state index is 0.294. The van der Waals surface area contributed by atoms with Crippen molar-refractivity contribution in [3.8, 4) is 11.1 Å². The highest BCUT2D eigenvalue weighted by Crippen LogP contribution is 2.25. The lowest BCUT2D eigenvalue weighted by Gasteiger charge is -2.35. The number of amides is 1. The van der Waals surface area contributed by atoms with Gasteiger partial charge >= 0.3 is 0 Å². The van der Waals surface area contributed by atoms with Crippen molar-refractivity contribution in [3.63, 3.8) is 0 Å². The highest BCUT2D eigenvalue weighted by molar-refractivity contribution is 6.05. The van der Waals surface area contributed by atoms with E-state index in [2.05, 4.69) is 39.2 Å². The molecule has 0 unspecified atom stereocenters. The number of piperidine rings is 1. The van der Waals surface area contributed by atoms with Gasteiger partial charge in [0.25, 0.3) is 5.91 Å². The number of likely N-dealkylation sites (tertiary alicyclic amines) is 1. The van der Waals surface area contributed by atoms with Crippen molar-refractivity contribution in [1.82, 2.24) is 25.4 Å². The van der Waals surface area contributed by atoms with Crippen LogP contribution in [-0.2, 0) is 0 Å². The van der Waals surface area contributed by atoms with Gasteiger partial charge in [0.2, 0.25) is 0 Å². The SMILES string of the molecule is CC(C)CN1CC[C@H](NC(=O)c2n[nH]c3ccc(-c4cccnc4)cc23)[C@H](F)C1. The van der Waals surface area contributed by atoms with Gasteiger partial charge in [-0.15, -0.1) is 0 Å². The molecule has 1 aromatic carbocycles. The van der Waals surface area contributed by atoms with Crippen LogP contribution in [0.3, 0.4) is 0 Å². The molecule has 0 bridgehead atoms. The average molecular weight is 395 g/mol. The third-order valence-corrected chi connectivity index (χ3v) is 5.34.